The predicted molar refractivity (Wildman–Crippen MR) is 50.8 cm³/mol. The molecule has 0 aromatic heterocycles. The Hall–Kier alpha value is -1.36. The zero-order valence-electron chi connectivity index (χ0n) is 8.23. The van der Waals surface area contributed by atoms with Crippen molar-refractivity contribution in [1.29, 1.82) is 0 Å². The fraction of sp³-hybridized carbons (Fsp3) is 0.556. The van der Waals surface area contributed by atoms with E-state index in [2.05, 4.69) is 0 Å². The first-order valence-corrected chi connectivity index (χ1v) is 4.27. The Labute approximate surface area is 82.2 Å². The second kappa shape index (κ2) is 5.39. The van der Waals surface area contributed by atoms with Gasteiger partial charge in [-0.15, -0.1) is 0 Å². The van der Waals surface area contributed by atoms with Crippen LogP contribution in [0.3, 0.4) is 0 Å². The zero-order chi connectivity index (χ0) is 11.3. The van der Waals surface area contributed by atoms with Crippen LogP contribution < -0.4 is 5.73 Å². The summed E-state index contributed by atoms with van der Waals surface area (Å²) < 4.78 is 0. The molecule has 0 saturated heterocycles. The molecule has 14 heavy (non-hydrogen) atoms. The van der Waals surface area contributed by atoms with Crippen LogP contribution >= 0.6 is 0 Å². The first-order chi connectivity index (χ1) is 6.34. The van der Waals surface area contributed by atoms with E-state index in [9.17, 15) is 9.59 Å². The number of aliphatic carboxylic acids is 2. The fourth-order valence-electron chi connectivity index (χ4n) is 0.953. The van der Waals surface area contributed by atoms with Gasteiger partial charge in [-0.1, -0.05) is 19.9 Å². The number of carbonyl (C=O) groups is 2. The van der Waals surface area contributed by atoms with Crippen LogP contribution in [0.25, 0.3) is 0 Å². The standard InChI is InChI=1S/C9H15NO4/c1-5(2)3-6(8(11)12)4-7(10)9(13)14/h3,5,7H,4,10H2,1-2H3,(H,11,12)(H,13,14)/t7-/m0/s1. The lowest BCUT2D eigenvalue weighted by molar-refractivity contribution is -0.138. The minimum Gasteiger partial charge on any atom is -0.480 e. The number of allylic oxidation sites excluding steroid dienone is 1. The van der Waals surface area contributed by atoms with Crippen molar-refractivity contribution in [3.05, 3.63) is 11.6 Å². The quantitative estimate of drug-likeness (QED) is 0.561. The van der Waals surface area contributed by atoms with Gasteiger partial charge in [-0.25, -0.2) is 4.79 Å². The van der Waals surface area contributed by atoms with Crippen LogP contribution in [0.4, 0.5) is 0 Å². The van der Waals surface area contributed by atoms with Gasteiger partial charge in [0.15, 0.2) is 0 Å². The molecule has 0 aliphatic heterocycles. The van der Waals surface area contributed by atoms with Gasteiger partial charge in [0.1, 0.15) is 6.04 Å². The third-order valence-electron chi connectivity index (χ3n) is 1.57. The Bertz CT molecular complexity index is 258. The minimum atomic E-state index is -1.19. The fourth-order valence-corrected chi connectivity index (χ4v) is 0.953. The molecule has 0 heterocycles. The Kier molecular flexibility index (Phi) is 4.86. The average Bonchev–Trinajstić information content (AvgIpc) is 2.01. The summed E-state index contributed by atoms with van der Waals surface area (Å²) in [6, 6.07) is -1.16. The molecule has 0 rings (SSSR count). The average molecular weight is 201 g/mol. The summed E-state index contributed by atoms with van der Waals surface area (Å²) in [4.78, 5) is 21.1. The molecule has 0 fully saturated rings. The molecular weight excluding hydrogens is 186 g/mol. The number of hydrogen-bond acceptors (Lipinski definition) is 3. The molecule has 0 aliphatic rings. The van der Waals surface area contributed by atoms with Crippen molar-refractivity contribution in [2.75, 3.05) is 0 Å². The van der Waals surface area contributed by atoms with E-state index in [1.165, 1.54) is 6.08 Å². The van der Waals surface area contributed by atoms with Gasteiger partial charge in [0, 0.05) is 12.0 Å². The number of hydrogen-bond donors (Lipinski definition) is 3. The number of rotatable bonds is 5. The van der Waals surface area contributed by atoms with Gasteiger partial charge in [0.2, 0.25) is 0 Å². The molecular formula is C9H15NO4. The van der Waals surface area contributed by atoms with E-state index in [1.807, 2.05) is 13.8 Å². The third kappa shape index (κ3) is 4.61. The number of carboxylic acids is 2. The van der Waals surface area contributed by atoms with Gasteiger partial charge in [-0.2, -0.15) is 0 Å². The molecule has 0 aliphatic carbocycles. The van der Waals surface area contributed by atoms with E-state index in [0.29, 0.717) is 0 Å². The van der Waals surface area contributed by atoms with Gasteiger partial charge in [0.25, 0.3) is 0 Å². The van der Waals surface area contributed by atoms with Crippen molar-refractivity contribution in [3.8, 4) is 0 Å². The van der Waals surface area contributed by atoms with Crippen molar-refractivity contribution >= 4 is 11.9 Å². The van der Waals surface area contributed by atoms with Crippen LogP contribution in [0.2, 0.25) is 0 Å². The molecule has 0 bridgehead atoms. The van der Waals surface area contributed by atoms with E-state index in [0.717, 1.165) is 0 Å². The van der Waals surface area contributed by atoms with Crippen LogP contribution in [0.5, 0.6) is 0 Å². The molecule has 4 N–H and O–H groups in total. The zero-order valence-corrected chi connectivity index (χ0v) is 8.23. The van der Waals surface area contributed by atoms with Crippen LogP contribution in [-0.4, -0.2) is 28.2 Å². The lowest BCUT2D eigenvalue weighted by Gasteiger charge is -2.07. The summed E-state index contributed by atoms with van der Waals surface area (Å²) in [5, 5.41) is 17.2. The molecule has 0 saturated carbocycles. The molecule has 5 heteroatoms. The maximum atomic E-state index is 10.7. The highest BCUT2D eigenvalue weighted by molar-refractivity contribution is 5.88. The largest absolute Gasteiger partial charge is 0.480 e. The SMILES string of the molecule is CC(C)C=C(C[C@H](N)C(=O)O)C(=O)O. The van der Waals surface area contributed by atoms with E-state index in [-0.39, 0.29) is 17.9 Å². The summed E-state index contributed by atoms with van der Waals surface area (Å²) in [5.41, 5.74) is 5.28. The number of nitrogens with two attached hydrogens (primary N) is 1. The van der Waals surface area contributed by atoms with Gasteiger partial charge in [-0.3, -0.25) is 4.79 Å². The second-order valence-corrected chi connectivity index (χ2v) is 3.39. The van der Waals surface area contributed by atoms with Gasteiger partial charge in [0.05, 0.1) is 0 Å². The van der Waals surface area contributed by atoms with Crippen LogP contribution in [0.15, 0.2) is 11.6 Å². The molecule has 0 aromatic carbocycles. The molecule has 1 atom stereocenters. The van der Waals surface area contributed by atoms with Gasteiger partial charge in [-0.05, 0) is 5.92 Å². The van der Waals surface area contributed by atoms with Crippen molar-refractivity contribution in [2.24, 2.45) is 11.7 Å². The van der Waals surface area contributed by atoms with Crippen molar-refractivity contribution < 1.29 is 19.8 Å². The highest BCUT2D eigenvalue weighted by Crippen LogP contribution is 2.09. The van der Waals surface area contributed by atoms with Crippen molar-refractivity contribution in [3.63, 3.8) is 0 Å². The Morgan fingerprint density at radius 3 is 2.14 bits per heavy atom. The highest BCUT2D eigenvalue weighted by atomic mass is 16.4. The molecule has 0 radical (unpaired) electrons. The first-order valence-electron chi connectivity index (χ1n) is 4.27. The summed E-state index contributed by atoms with van der Waals surface area (Å²) in [6.07, 6.45) is 1.36. The van der Waals surface area contributed by atoms with Crippen LogP contribution in [0, 0.1) is 5.92 Å². The van der Waals surface area contributed by atoms with E-state index in [1.54, 1.807) is 0 Å². The summed E-state index contributed by atoms with van der Waals surface area (Å²) in [7, 11) is 0. The monoisotopic (exact) mass is 201 g/mol. The summed E-state index contributed by atoms with van der Waals surface area (Å²) in [6.45, 7) is 3.63. The smallest absolute Gasteiger partial charge is 0.331 e. The third-order valence-corrected chi connectivity index (χ3v) is 1.57. The lowest BCUT2D eigenvalue weighted by Crippen LogP contribution is -2.31. The molecule has 0 aromatic rings. The van der Waals surface area contributed by atoms with E-state index in [4.69, 9.17) is 15.9 Å². The molecule has 0 amide bonds. The highest BCUT2D eigenvalue weighted by Gasteiger charge is 2.17. The molecule has 0 spiro atoms. The van der Waals surface area contributed by atoms with Crippen molar-refractivity contribution in [2.45, 2.75) is 26.3 Å². The van der Waals surface area contributed by atoms with Crippen LogP contribution in [-0.2, 0) is 9.59 Å². The lowest BCUT2D eigenvalue weighted by atomic mass is 10.0. The molecule has 0 unspecified atom stereocenters. The Morgan fingerprint density at radius 1 is 1.36 bits per heavy atom. The minimum absolute atomic E-state index is 0.0508. The topological polar surface area (TPSA) is 101 Å². The normalized spacial score (nSPS) is 14.1. The Morgan fingerprint density at radius 2 is 1.86 bits per heavy atom. The van der Waals surface area contributed by atoms with Crippen molar-refractivity contribution in [1.82, 2.24) is 0 Å². The van der Waals surface area contributed by atoms with Gasteiger partial charge >= 0.3 is 11.9 Å². The summed E-state index contributed by atoms with van der Waals surface area (Å²) >= 11 is 0. The predicted octanol–water partition coefficient (Wildman–Crippen LogP) is 0.455. The molecule has 80 valence electrons. The van der Waals surface area contributed by atoms with Gasteiger partial charge < -0.3 is 15.9 Å². The maximum Gasteiger partial charge on any atom is 0.331 e. The first kappa shape index (κ1) is 12.6. The maximum absolute atomic E-state index is 10.7. The molecule has 5 nitrogen and oxygen atoms in total. The summed E-state index contributed by atoms with van der Waals surface area (Å²) in [5.74, 6) is -2.25. The second-order valence-electron chi connectivity index (χ2n) is 3.39. The number of carboxylic acid groups (broad SMARTS) is 2. The van der Waals surface area contributed by atoms with E-state index >= 15 is 0 Å². The van der Waals surface area contributed by atoms with Crippen LogP contribution in [0.1, 0.15) is 20.3 Å². The van der Waals surface area contributed by atoms with E-state index < -0.39 is 18.0 Å². The Balaban J connectivity index is 4.55.